The number of imidazole rings is 1. The summed E-state index contributed by atoms with van der Waals surface area (Å²) >= 11 is 0. The molecule has 2 aromatic rings. The number of piperidine rings is 1. The van der Waals surface area contributed by atoms with Crippen molar-refractivity contribution in [3.05, 3.63) is 54.1 Å². The number of hydrogen-bond donors (Lipinski definition) is 2. The van der Waals surface area contributed by atoms with E-state index in [0.717, 1.165) is 25.2 Å². The van der Waals surface area contributed by atoms with Crippen molar-refractivity contribution in [1.29, 1.82) is 0 Å². The summed E-state index contributed by atoms with van der Waals surface area (Å²) in [6.45, 7) is 2.18. The molecule has 7 heteroatoms. The maximum absolute atomic E-state index is 12.3. The van der Waals surface area contributed by atoms with Gasteiger partial charge >= 0.3 is 12.0 Å². The number of nitrogens with one attached hydrogen (secondary N) is 1. The first kappa shape index (κ1) is 18.9. The van der Waals surface area contributed by atoms with E-state index in [0.29, 0.717) is 32.5 Å². The van der Waals surface area contributed by atoms with Crippen molar-refractivity contribution in [2.75, 3.05) is 13.1 Å². The highest BCUT2D eigenvalue weighted by atomic mass is 16.4. The first-order valence-electron chi connectivity index (χ1n) is 9.43. The summed E-state index contributed by atoms with van der Waals surface area (Å²) in [6, 6.07) is 10.2. The molecule has 2 heterocycles. The average molecular weight is 370 g/mol. The van der Waals surface area contributed by atoms with E-state index < -0.39 is 5.97 Å². The molecule has 27 heavy (non-hydrogen) atoms. The topological polar surface area (TPSA) is 87.5 Å². The van der Waals surface area contributed by atoms with Gasteiger partial charge in [0, 0.05) is 32.0 Å². The fourth-order valence-corrected chi connectivity index (χ4v) is 3.41. The fourth-order valence-electron chi connectivity index (χ4n) is 3.41. The van der Waals surface area contributed by atoms with Crippen LogP contribution in [0.3, 0.4) is 0 Å². The molecule has 1 aliphatic heterocycles. The molecule has 1 aromatic heterocycles. The summed E-state index contributed by atoms with van der Waals surface area (Å²) in [4.78, 5) is 29.3. The van der Waals surface area contributed by atoms with Crippen molar-refractivity contribution < 1.29 is 14.7 Å². The molecule has 0 unspecified atom stereocenters. The predicted molar refractivity (Wildman–Crippen MR) is 101 cm³/mol. The molecule has 1 fully saturated rings. The Kier molecular flexibility index (Phi) is 6.46. The van der Waals surface area contributed by atoms with Gasteiger partial charge < -0.3 is 19.9 Å². The van der Waals surface area contributed by atoms with Gasteiger partial charge in [-0.05, 0) is 31.2 Å². The number of aromatic nitrogens is 2. The van der Waals surface area contributed by atoms with E-state index in [1.165, 1.54) is 5.56 Å². The summed E-state index contributed by atoms with van der Waals surface area (Å²) in [6.07, 6.45) is 6.72. The number of carbonyl (C=O) groups excluding carboxylic acids is 1. The molecule has 0 bridgehead atoms. The van der Waals surface area contributed by atoms with Crippen LogP contribution in [0.15, 0.2) is 42.7 Å². The normalized spacial score (nSPS) is 14.9. The van der Waals surface area contributed by atoms with Crippen molar-refractivity contribution in [3.8, 4) is 0 Å². The van der Waals surface area contributed by atoms with Crippen molar-refractivity contribution in [3.63, 3.8) is 0 Å². The number of benzene rings is 1. The highest BCUT2D eigenvalue weighted by molar-refractivity contribution is 5.75. The molecule has 7 nitrogen and oxygen atoms in total. The lowest BCUT2D eigenvalue weighted by atomic mass is 9.97. The van der Waals surface area contributed by atoms with Crippen LogP contribution in [-0.4, -0.2) is 44.6 Å². The van der Waals surface area contributed by atoms with Crippen molar-refractivity contribution in [2.24, 2.45) is 5.92 Å². The van der Waals surface area contributed by atoms with Gasteiger partial charge in [0.1, 0.15) is 5.82 Å². The third kappa shape index (κ3) is 5.32. The quantitative estimate of drug-likeness (QED) is 0.784. The molecule has 2 N–H and O–H groups in total. The third-order valence-corrected chi connectivity index (χ3v) is 5.04. The molecule has 1 aliphatic rings. The van der Waals surface area contributed by atoms with Crippen LogP contribution >= 0.6 is 0 Å². The molecule has 1 aromatic carbocycles. The molecule has 0 radical (unpaired) electrons. The number of hydrogen-bond acceptors (Lipinski definition) is 3. The van der Waals surface area contributed by atoms with E-state index >= 15 is 0 Å². The van der Waals surface area contributed by atoms with Crippen LogP contribution in [-0.2, 0) is 24.3 Å². The van der Waals surface area contributed by atoms with E-state index in [1.54, 1.807) is 11.1 Å². The Morgan fingerprint density at radius 3 is 2.63 bits per heavy atom. The van der Waals surface area contributed by atoms with Crippen LogP contribution in [0.5, 0.6) is 0 Å². The molecule has 0 atom stereocenters. The lowest BCUT2D eigenvalue weighted by Gasteiger charge is -2.30. The van der Waals surface area contributed by atoms with E-state index in [4.69, 9.17) is 5.11 Å². The van der Waals surface area contributed by atoms with Crippen LogP contribution in [0, 0.1) is 5.92 Å². The second-order valence-corrected chi connectivity index (χ2v) is 6.88. The summed E-state index contributed by atoms with van der Waals surface area (Å²) in [5, 5.41) is 11.9. The van der Waals surface area contributed by atoms with Crippen LogP contribution in [0.4, 0.5) is 4.79 Å². The van der Waals surface area contributed by atoms with E-state index in [2.05, 4.69) is 27.0 Å². The van der Waals surface area contributed by atoms with Crippen LogP contribution in [0.2, 0.25) is 0 Å². The Hall–Kier alpha value is -2.83. The standard InChI is InChI=1S/C20H26N4O3/c25-19(26)17-8-12-24(13-9-17)20(27)22-15-18-21-10-14-23(18)11-4-7-16-5-2-1-3-6-16/h1-3,5-6,10,14,17H,4,7-9,11-13,15H2,(H,22,27)(H,25,26). The van der Waals surface area contributed by atoms with Gasteiger partial charge in [0.2, 0.25) is 0 Å². The van der Waals surface area contributed by atoms with Gasteiger partial charge in [-0.15, -0.1) is 0 Å². The van der Waals surface area contributed by atoms with Gasteiger partial charge in [0.05, 0.1) is 12.5 Å². The summed E-state index contributed by atoms with van der Waals surface area (Å²) in [5.41, 5.74) is 1.32. The number of likely N-dealkylation sites (tertiary alicyclic amines) is 1. The maximum Gasteiger partial charge on any atom is 0.317 e. The number of rotatable bonds is 7. The van der Waals surface area contributed by atoms with Gasteiger partial charge in [0.25, 0.3) is 0 Å². The molecule has 0 aliphatic carbocycles. The van der Waals surface area contributed by atoms with Gasteiger partial charge in [-0.25, -0.2) is 9.78 Å². The zero-order valence-electron chi connectivity index (χ0n) is 15.4. The van der Waals surface area contributed by atoms with E-state index in [9.17, 15) is 9.59 Å². The third-order valence-electron chi connectivity index (χ3n) is 5.04. The summed E-state index contributed by atoms with van der Waals surface area (Å²) in [5.74, 6) is -0.276. The molecule has 3 rings (SSSR count). The zero-order chi connectivity index (χ0) is 19.1. The van der Waals surface area contributed by atoms with E-state index in [1.807, 2.05) is 24.4 Å². The molecular formula is C20H26N4O3. The number of carboxylic acids is 1. The Bertz CT molecular complexity index is 752. The van der Waals surface area contributed by atoms with Crippen molar-refractivity contribution in [2.45, 2.75) is 38.8 Å². The number of aliphatic carboxylic acids is 1. The molecular weight excluding hydrogens is 344 g/mol. The SMILES string of the molecule is O=C(O)C1CCN(C(=O)NCc2nccn2CCCc2ccccc2)CC1. The lowest BCUT2D eigenvalue weighted by molar-refractivity contribution is -0.143. The number of nitrogens with zero attached hydrogens (tertiary/aromatic N) is 3. The predicted octanol–water partition coefficient (Wildman–Crippen LogP) is 2.52. The van der Waals surface area contributed by atoms with Crippen LogP contribution in [0.25, 0.3) is 0 Å². The zero-order valence-corrected chi connectivity index (χ0v) is 15.4. The molecule has 2 amide bonds. The second-order valence-electron chi connectivity index (χ2n) is 6.88. The van der Waals surface area contributed by atoms with Gasteiger partial charge in [-0.3, -0.25) is 4.79 Å². The largest absolute Gasteiger partial charge is 0.481 e. The minimum Gasteiger partial charge on any atom is -0.481 e. The minimum absolute atomic E-state index is 0.155. The first-order chi connectivity index (χ1) is 13.1. The van der Waals surface area contributed by atoms with Crippen LogP contribution < -0.4 is 5.32 Å². The smallest absolute Gasteiger partial charge is 0.317 e. The van der Waals surface area contributed by atoms with E-state index in [-0.39, 0.29) is 11.9 Å². The monoisotopic (exact) mass is 370 g/mol. The maximum atomic E-state index is 12.3. The Labute approximate surface area is 159 Å². The fraction of sp³-hybridized carbons (Fsp3) is 0.450. The number of amides is 2. The number of carboxylic acid groups (broad SMARTS) is 1. The van der Waals surface area contributed by atoms with Crippen LogP contribution in [0.1, 0.15) is 30.7 Å². The number of aryl methyl sites for hydroxylation is 2. The highest BCUT2D eigenvalue weighted by Crippen LogP contribution is 2.17. The summed E-state index contributed by atoms with van der Waals surface area (Å²) < 4.78 is 2.07. The number of carbonyl (C=O) groups is 2. The molecule has 1 saturated heterocycles. The average Bonchev–Trinajstić information content (AvgIpc) is 3.14. The van der Waals surface area contributed by atoms with Gasteiger partial charge in [-0.2, -0.15) is 0 Å². The molecule has 144 valence electrons. The van der Waals surface area contributed by atoms with Gasteiger partial charge in [-0.1, -0.05) is 30.3 Å². The Morgan fingerprint density at radius 1 is 1.19 bits per heavy atom. The minimum atomic E-state index is -0.771. The number of urea groups is 1. The Balaban J connectivity index is 1.43. The highest BCUT2D eigenvalue weighted by Gasteiger charge is 2.26. The Morgan fingerprint density at radius 2 is 1.93 bits per heavy atom. The lowest BCUT2D eigenvalue weighted by Crippen LogP contribution is -2.45. The van der Waals surface area contributed by atoms with Crippen molar-refractivity contribution in [1.82, 2.24) is 19.8 Å². The first-order valence-corrected chi connectivity index (χ1v) is 9.43. The summed E-state index contributed by atoms with van der Waals surface area (Å²) in [7, 11) is 0. The second kappa shape index (κ2) is 9.21. The van der Waals surface area contributed by atoms with Crippen molar-refractivity contribution >= 4 is 12.0 Å². The molecule has 0 spiro atoms. The molecule has 0 saturated carbocycles. The van der Waals surface area contributed by atoms with Gasteiger partial charge in [0.15, 0.2) is 0 Å².